The van der Waals surface area contributed by atoms with Crippen molar-refractivity contribution < 1.29 is 14.3 Å². The molecule has 0 saturated carbocycles. The predicted molar refractivity (Wildman–Crippen MR) is 81.9 cm³/mol. The van der Waals surface area contributed by atoms with Crippen molar-refractivity contribution in [1.82, 2.24) is 0 Å². The summed E-state index contributed by atoms with van der Waals surface area (Å²) in [6, 6.07) is 5.98. The van der Waals surface area contributed by atoms with Crippen LogP contribution in [0.5, 0.6) is 5.75 Å². The molecule has 0 aliphatic carbocycles. The van der Waals surface area contributed by atoms with E-state index in [4.69, 9.17) is 4.74 Å². The van der Waals surface area contributed by atoms with Crippen molar-refractivity contribution in [1.29, 1.82) is 0 Å². The van der Waals surface area contributed by atoms with Gasteiger partial charge in [0.15, 0.2) is 0 Å². The van der Waals surface area contributed by atoms with Gasteiger partial charge >= 0.3 is 5.97 Å². The third-order valence-electron chi connectivity index (χ3n) is 2.84. The van der Waals surface area contributed by atoms with E-state index in [0.717, 1.165) is 11.3 Å². The first-order chi connectivity index (χ1) is 9.38. The van der Waals surface area contributed by atoms with Gasteiger partial charge in [-0.05, 0) is 23.1 Å². The lowest BCUT2D eigenvalue weighted by molar-refractivity contribution is -0.134. The molecule has 20 heavy (non-hydrogen) atoms. The van der Waals surface area contributed by atoms with E-state index in [1.807, 2.05) is 18.2 Å². The first-order valence-corrected chi connectivity index (χ1v) is 6.52. The van der Waals surface area contributed by atoms with E-state index in [1.54, 1.807) is 12.2 Å². The van der Waals surface area contributed by atoms with Gasteiger partial charge in [-0.2, -0.15) is 0 Å². The van der Waals surface area contributed by atoms with E-state index in [-0.39, 0.29) is 11.4 Å². The maximum atomic E-state index is 11.2. The molecular weight excluding hydrogens is 252 g/mol. The van der Waals surface area contributed by atoms with Crippen molar-refractivity contribution >= 4 is 12.0 Å². The Balaban J connectivity index is 3.12. The Hall–Kier alpha value is -2.03. The van der Waals surface area contributed by atoms with E-state index >= 15 is 0 Å². The fraction of sp³-hybridized carbons (Fsp3) is 0.353. The van der Waals surface area contributed by atoms with Crippen molar-refractivity contribution in [3.63, 3.8) is 0 Å². The van der Waals surface area contributed by atoms with Crippen LogP contribution in [-0.2, 0) is 14.9 Å². The van der Waals surface area contributed by atoms with Crippen molar-refractivity contribution in [3.8, 4) is 5.75 Å². The average Bonchev–Trinajstić information content (AvgIpc) is 2.41. The van der Waals surface area contributed by atoms with Crippen molar-refractivity contribution in [3.05, 3.63) is 48.1 Å². The summed E-state index contributed by atoms with van der Waals surface area (Å²) in [4.78, 5) is 11.2. The van der Waals surface area contributed by atoms with Gasteiger partial charge in [-0.1, -0.05) is 45.6 Å². The first kappa shape index (κ1) is 16.0. The number of hydrogen-bond acceptors (Lipinski definition) is 3. The molecule has 0 aliphatic rings. The van der Waals surface area contributed by atoms with Gasteiger partial charge in [-0.3, -0.25) is 0 Å². The van der Waals surface area contributed by atoms with Crippen LogP contribution in [0, 0.1) is 0 Å². The molecule has 0 spiro atoms. The molecule has 1 rings (SSSR count). The number of carbonyl (C=O) groups excluding carboxylic acids is 1. The lowest BCUT2D eigenvalue weighted by Crippen LogP contribution is -2.11. The number of esters is 1. The SMILES string of the molecule is C=CCOc1cc(C(C)(C)C)ccc1C=CC(=O)OC. The highest BCUT2D eigenvalue weighted by Crippen LogP contribution is 2.29. The van der Waals surface area contributed by atoms with E-state index in [2.05, 4.69) is 32.1 Å². The van der Waals surface area contributed by atoms with E-state index in [0.29, 0.717) is 6.61 Å². The number of carbonyl (C=O) groups is 1. The van der Waals surface area contributed by atoms with Gasteiger partial charge in [0.25, 0.3) is 0 Å². The van der Waals surface area contributed by atoms with E-state index < -0.39 is 0 Å². The van der Waals surface area contributed by atoms with Crippen LogP contribution in [0.25, 0.3) is 6.08 Å². The van der Waals surface area contributed by atoms with Crippen LogP contribution in [0.15, 0.2) is 36.9 Å². The fourth-order valence-electron chi connectivity index (χ4n) is 1.64. The minimum absolute atomic E-state index is 0.0386. The summed E-state index contributed by atoms with van der Waals surface area (Å²) < 4.78 is 10.3. The molecule has 0 unspecified atom stereocenters. The summed E-state index contributed by atoms with van der Waals surface area (Å²) in [7, 11) is 1.35. The van der Waals surface area contributed by atoms with Gasteiger partial charge in [0.05, 0.1) is 7.11 Å². The summed E-state index contributed by atoms with van der Waals surface area (Å²) >= 11 is 0. The van der Waals surface area contributed by atoms with Gasteiger partial charge in [0.1, 0.15) is 12.4 Å². The van der Waals surface area contributed by atoms with Gasteiger partial charge in [-0.15, -0.1) is 0 Å². The van der Waals surface area contributed by atoms with Gasteiger partial charge < -0.3 is 9.47 Å². The molecule has 0 amide bonds. The molecule has 0 atom stereocenters. The molecule has 0 radical (unpaired) electrons. The van der Waals surface area contributed by atoms with E-state index in [9.17, 15) is 4.79 Å². The largest absolute Gasteiger partial charge is 0.489 e. The van der Waals surface area contributed by atoms with Gasteiger partial charge in [0, 0.05) is 11.6 Å². The number of benzene rings is 1. The van der Waals surface area contributed by atoms with Crippen LogP contribution >= 0.6 is 0 Å². The molecule has 1 aromatic carbocycles. The second kappa shape index (κ2) is 6.94. The number of hydrogen-bond donors (Lipinski definition) is 0. The van der Waals surface area contributed by atoms with Gasteiger partial charge in [-0.25, -0.2) is 4.79 Å². The summed E-state index contributed by atoms with van der Waals surface area (Å²) in [5.41, 5.74) is 2.05. The molecule has 3 heteroatoms. The lowest BCUT2D eigenvalue weighted by atomic mass is 9.86. The first-order valence-electron chi connectivity index (χ1n) is 6.52. The highest BCUT2D eigenvalue weighted by molar-refractivity contribution is 5.87. The second-order valence-corrected chi connectivity index (χ2v) is 5.46. The highest BCUT2D eigenvalue weighted by atomic mass is 16.5. The van der Waals surface area contributed by atoms with Crippen LogP contribution in [0.4, 0.5) is 0 Å². The lowest BCUT2D eigenvalue weighted by Gasteiger charge is -2.20. The molecule has 0 aromatic heterocycles. The summed E-state index contributed by atoms with van der Waals surface area (Å²) in [5.74, 6) is 0.344. The van der Waals surface area contributed by atoms with Crippen LogP contribution in [0.2, 0.25) is 0 Å². The fourth-order valence-corrected chi connectivity index (χ4v) is 1.64. The minimum Gasteiger partial charge on any atom is -0.489 e. The molecule has 108 valence electrons. The Bertz CT molecular complexity index is 507. The normalized spacial score (nSPS) is 11.4. The van der Waals surface area contributed by atoms with Crippen molar-refractivity contribution in [2.45, 2.75) is 26.2 Å². The highest BCUT2D eigenvalue weighted by Gasteiger charge is 2.15. The molecule has 0 N–H and O–H groups in total. The molecule has 0 heterocycles. The maximum absolute atomic E-state index is 11.2. The topological polar surface area (TPSA) is 35.5 Å². The second-order valence-electron chi connectivity index (χ2n) is 5.46. The molecular formula is C17H22O3. The predicted octanol–water partition coefficient (Wildman–Crippen LogP) is 3.74. The molecule has 0 saturated heterocycles. The molecule has 0 bridgehead atoms. The summed E-state index contributed by atoms with van der Waals surface area (Å²) in [6.45, 7) is 10.5. The van der Waals surface area contributed by atoms with Crippen molar-refractivity contribution in [2.75, 3.05) is 13.7 Å². The summed E-state index contributed by atoms with van der Waals surface area (Å²) in [6.07, 6.45) is 4.77. The van der Waals surface area contributed by atoms with Gasteiger partial charge in [0.2, 0.25) is 0 Å². The molecule has 3 nitrogen and oxygen atoms in total. The van der Waals surface area contributed by atoms with Crippen molar-refractivity contribution in [2.24, 2.45) is 0 Å². The zero-order valence-electron chi connectivity index (χ0n) is 12.6. The number of methoxy groups -OCH3 is 1. The molecule has 0 fully saturated rings. The third kappa shape index (κ3) is 4.57. The summed E-state index contributed by atoms with van der Waals surface area (Å²) in [5, 5.41) is 0. The maximum Gasteiger partial charge on any atom is 0.330 e. The zero-order valence-corrected chi connectivity index (χ0v) is 12.6. The molecule has 0 aliphatic heterocycles. The van der Waals surface area contributed by atoms with E-state index in [1.165, 1.54) is 18.7 Å². The Morgan fingerprint density at radius 3 is 2.60 bits per heavy atom. The number of ether oxygens (including phenoxy) is 2. The standard InChI is InChI=1S/C17H22O3/c1-6-11-20-15-12-14(17(2,3)4)9-7-13(15)8-10-16(18)19-5/h6-10,12H,1,11H2,2-5H3. The number of rotatable bonds is 5. The molecule has 1 aromatic rings. The minimum atomic E-state index is -0.389. The Morgan fingerprint density at radius 2 is 2.05 bits per heavy atom. The Morgan fingerprint density at radius 1 is 1.35 bits per heavy atom. The van der Waals surface area contributed by atoms with Crippen LogP contribution in [0.3, 0.4) is 0 Å². The van der Waals surface area contributed by atoms with Crippen LogP contribution in [0.1, 0.15) is 31.9 Å². The van der Waals surface area contributed by atoms with Crippen LogP contribution in [-0.4, -0.2) is 19.7 Å². The zero-order chi connectivity index (χ0) is 15.2. The third-order valence-corrected chi connectivity index (χ3v) is 2.84. The Kier molecular flexibility index (Phi) is 5.56. The monoisotopic (exact) mass is 274 g/mol. The van der Waals surface area contributed by atoms with Crippen LogP contribution < -0.4 is 4.74 Å². The average molecular weight is 274 g/mol. The Labute approximate surface area is 120 Å². The smallest absolute Gasteiger partial charge is 0.330 e. The quantitative estimate of drug-likeness (QED) is 0.466.